The van der Waals surface area contributed by atoms with Crippen molar-refractivity contribution < 1.29 is 14.3 Å². The summed E-state index contributed by atoms with van der Waals surface area (Å²) in [5, 5.41) is 2.76. The summed E-state index contributed by atoms with van der Waals surface area (Å²) in [5.41, 5.74) is 1.45. The van der Waals surface area contributed by atoms with E-state index in [9.17, 15) is 9.59 Å². The summed E-state index contributed by atoms with van der Waals surface area (Å²) in [6, 6.07) is 7.53. The lowest BCUT2D eigenvalue weighted by molar-refractivity contribution is -0.108. The molecule has 0 radical (unpaired) electrons. The summed E-state index contributed by atoms with van der Waals surface area (Å²) >= 11 is 0. The van der Waals surface area contributed by atoms with Gasteiger partial charge in [-0.15, -0.1) is 0 Å². The summed E-state index contributed by atoms with van der Waals surface area (Å²) in [4.78, 5) is 25.1. The maximum Gasteiger partial charge on any atom is 0.408 e. The van der Waals surface area contributed by atoms with Gasteiger partial charge in [-0.2, -0.15) is 0 Å². The van der Waals surface area contributed by atoms with Crippen LogP contribution in [-0.4, -0.2) is 31.1 Å². The summed E-state index contributed by atoms with van der Waals surface area (Å²) < 4.78 is 5.26. The quantitative estimate of drug-likeness (QED) is 0.779. The van der Waals surface area contributed by atoms with E-state index in [2.05, 4.69) is 24.1 Å². The third kappa shape index (κ3) is 6.30. The topological polar surface area (TPSA) is 58.6 Å². The normalized spacial score (nSPS) is 12.4. The third-order valence-electron chi connectivity index (χ3n) is 3.45. The van der Waals surface area contributed by atoms with Gasteiger partial charge in [-0.3, -0.25) is 0 Å². The number of aldehydes is 1. The molecule has 0 aromatic heterocycles. The smallest absolute Gasteiger partial charge is 0.408 e. The molecule has 0 spiro atoms. The molecule has 0 saturated carbocycles. The largest absolute Gasteiger partial charge is 0.444 e. The average Bonchev–Trinajstić information content (AvgIpc) is 2.47. The Hall–Kier alpha value is -2.04. The first-order valence-corrected chi connectivity index (χ1v) is 8.08. The van der Waals surface area contributed by atoms with Crippen LogP contribution in [0.1, 0.15) is 52.6 Å². The highest BCUT2D eigenvalue weighted by molar-refractivity contribution is 5.69. The maximum absolute atomic E-state index is 11.9. The van der Waals surface area contributed by atoms with E-state index in [-0.39, 0.29) is 12.5 Å². The van der Waals surface area contributed by atoms with Gasteiger partial charge in [0, 0.05) is 25.2 Å². The van der Waals surface area contributed by atoms with Crippen LogP contribution < -0.4 is 10.2 Å². The van der Waals surface area contributed by atoms with Gasteiger partial charge in [0.2, 0.25) is 0 Å². The zero-order valence-corrected chi connectivity index (χ0v) is 14.8. The molecule has 1 atom stereocenters. The van der Waals surface area contributed by atoms with Crippen LogP contribution in [0.15, 0.2) is 24.3 Å². The number of hydrogen-bond donors (Lipinski definition) is 1. The van der Waals surface area contributed by atoms with Gasteiger partial charge in [0.05, 0.1) is 6.04 Å². The SMILES string of the molecule is CCN(CC)c1ccc([C@@H](CC=O)NC(=O)OC(C)(C)C)cc1. The van der Waals surface area contributed by atoms with Crippen LogP contribution in [0.4, 0.5) is 10.5 Å². The van der Waals surface area contributed by atoms with Crippen LogP contribution in [0.5, 0.6) is 0 Å². The van der Waals surface area contributed by atoms with Crippen molar-refractivity contribution in [2.45, 2.75) is 52.7 Å². The summed E-state index contributed by atoms with van der Waals surface area (Å²) in [6.07, 6.45) is 0.502. The number of alkyl carbamates (subject to hydrolysis) is 1. The second kappa shape index (κ2) is 8.56. The molecule has 0 aliphatic rings. The van der Waals surface area contributed by atoms with Crippen LogP contribution in [0.25, 0.3) is 0 Å². The Morgan fingerprint density at radius 3 is 2.22 bits per heavy atom. The zero-order chi connectivity index (χ0) is 17.5. The summed E-state index contributed by atoms with van der Waals surface area (Å²) in [7, 11) is 0. The Kier molecular flexibility index (Phi) is 7.07. The Balaban J connectivity index is 2.85. The van der Waals surface area contributed by atoms with Gasteiger partial charge in [-0.25, -0.2) is 4.79 Å². The van der Waals surface area contributed by atoms with Crippen molar-refractivity contribution in [1.82, 2.24) is 5.32 Å². The fourth-order valence-electron chi connectivity index (χ4n) is 2.33. The summed E-state index contributed by atoms with van der Waals surface area (Å²) in [5.74, 6) is 0. The van der Waals surface area contributed by atoms with Gasteiger partial charge in [0.15, 0.2) is 0 Å². The van der Waals surface area contributed by atoms with E-state index in [1.54, 1.807) is 20.8 Å². The minimum Gasteiger partial charge on any atom is -0.444 e. The van der Waals surface area contributed by atoms with Crippen LogP contribution in [0.2, 0.25) is 0 Å². The number of carbonyl (C=O) groups is 2. The number of nitrogens with zero attached hydrogens (tertiary/aromatic N) is 1. The Bertz CT molecular complexity index is 502. The average molecular weight is 320 g/mol. The number of benzene rings is 1. The first kappa shape index (κ1) is 19.0. The van der Waals surface area contributed by atoms with E-state index in [1.165, 1.54) is 0 Å². The highest BCUT2D eigenvalue weighted by atomic mass is 16.6. The maximum atomic E-state index is 11.9. The molecule has 1 aromatic rings. The van der Waals surface area contributed by atoms with Crippen molar-refractivity contribution in [3.63, 3.8) is 0 Å². The second-order valence-electron chi connectivity index (χ2n) is 6.37. The highest BCUT2D eigenvalue weighted by Gasteiger charge is 2.20. The molecule has 0 aliphatic carbocycles. The molecule has 0 unspecified atom stereocenters. The summed E-state index contributed by atoms with van der Waals surface area (Å²) in [6.45, 7) is 11.5. The number of amides is 1. The van der Waals surface area contributed by atoms with E-state index < -0.39 is 11.7 Å². The van der Waals surface area contributed by atoms with E-state index in [0.717, 1.165) is 30.6 Å². The number of rotatable bonds is 7. The van der Waals surface area contributed by atoms with Crippen molar-refractivity contribution in [3.05, 3.63) is 29.8 Å². The third-order valence-corrected chi connectivity index (χ3v) is 3.45. The van der Waals surface area contributed by atoms with E-state index in [1.807, 2.05) is 24.3 Å². The predicted octanol–water partition coefficient (Wildman–Crippen LogP) is 3.69. The number of carbonyl (C=O) groups excluding carboxylic acids is 2. The lowest BCUT2D eigenvalue weighted by atomic mass is 10.0. The molecular weight excluding hydrogens is 292 g/mol. The van der Waals surface area contributed by atoms with E-state index >= 15 is 0 Å². The molecule has 0 heterocycles. The fraction of sp³-hybridized carbons (Fsp3) is 0.556. The second-order valence-corrected chi connectivity index (χ2v) is 6.37. The van der Waals surface area contributed by atoms with Gasteiger partial charge in [0.25, 0.3) is 0 Å². The fourth-order valence-corrected chi connectivity index (χ4v) is 2.33. The van der Waals surface area contributed by atoms with Crippen molar-refractivity contribution >= 4 is 18.1 Å². The highest BCUT2D eigenvalue weighted by Crippen LogP contribution is 2.21. The number of anilines is 1. The molecule has 0 saturated heterocycles. The van der Waals surface area contributed by atoms with Gasteiger partial charge in [0.1, 0.15) is 11.9 Å². The van der Waals surface area contributed by atoms with Crippen LogP contribution >= 0.6 is 0 Å². The molecule has 23 heavy (non-hydrogen) atoms. The monoisotopic (exact) mass is 320 g/mol. The van der Waals surface area contributed by atoms with Crippen LogP contribution in [0.3, 0.4) is 0 Å². The Labute approximate surface area is 139 Å². The molecule has 5 heteroatoms. The van der Waals surface area contributed by atoms with Crippen molar-refractivity contribution in [1.29, 1.82) is 0 Å². The van der Waals surface area contributed by atoms with Gasteiger partial charge >= 0.3 is 6.09 Å². The first-order valence-electron chi connectivity index (χ1n) is 8.08. The molecular formula is C18H28N2O3. The number of nitrogens with one attached hydrogen (secondary N) is 1. The Morgan fingerprint density at radius 2 is 1.78 bits per heavy atom. The lowest BCUT2D eigenvalue weighted by Crippen LogP contribution is -2.35. The predicted molar refractivity (Wildman–Crippen MR) is 92.8 cm³/mol. The first-order chi connectivity index (χ1) is 10.8. The van der Waals surface area contributed by atoms with Gasteiger partial charge in [-0.1, -0.05) is 12.1 Å². The van der Waals surface area contributed by atoms with Crippen LogP contribution in [0, 0.1) is 0 Å². The zero-order valence-electron chi connectivity index (χ0n) is 14.8. The molecule has 0 bridgehead atoms. The van der Waals surface area contributed by atoms with E-state index in [0.29, 0.717) is 0 Å². The molecule has 1 rings (SSSR count). The molecule has 5 nitrogen and oxygen atoms in total. The van der Waals surface area contributed by atoms with Gasteiger partial charge < -0.3 is 19.7 Å². The molecule has 1 amide bonds. The van der Waals surface area contributed by atoms with Crippen molar-refractivity contribution in [3.8, 4) is 0 Å². The Morgan fingerprint density at radius 1 is 1.22 bits per heavy atom. The number of hydrogen-bond acceptors (Lipinski definition) is 4. The standard InChI is InChI=1S/C18H28N2O3/c1-6-20(7-2)15-10-8-14(9-11-15)16(12-13-21)19-17(22)23-18(3,4)5/h8-11,13,16H,6-7,12H2,1-5H3,(H,19,22)/t16-/m1/s1. The molecule has 0 aliphatic heterocycles. The van der Waals surface area contributed by atoms with Crippen molar-refractivity contribution in [2.75, 3.05) is 18.0 Å². The van der Waals surface area contributed by atoms with E-state index in [4.69, 9.17) is 4.74 Å². The minimum atomic E-state index is -0.567. The number of ether oxygens (including phenoxy) is 1. The molecule has 1 aromatic carbocycles. The molecule has 128 valence electrons. The van der Waals surface area contributed by atoms with Crippen molar-refractivity contribution in [2.24, 2.45) is 0 Å². The molecule has 0 fully saturated rings. The van der Waals surface area contributed by atoms with Crippen LogP contribution in [-0.2, 0) is 9.53 Å². The lowest BCUT2D eigenvalue weighted by Gasteiger charge is -2.24. The van der Waals surface area contributed by atoms with Gasteiger partial charge in [-0.05, 0) is 52.3 Å². The minimum absolute atomic E-state index is 0.212. The molecule has 1 N–H and O–H groups in total.